The van der Waals surface area contributed by atoms with E-state index in [-0.39, 0.29) is 12.4 Å². The van der Waals surface area contributed by atoms with Crippen molar-refractivity contribution in [2.75, 3.05) is 11.6 Å². The fourth-order valence-corrected chi connectivity index (χ4v) is 1.74. The third-order valence-corrected chi connectivity index (χ3v) is 2.88. The normalized spacial score (nSPS) is 10.4. The van der Waals surface area contributed by atoms with Crippen LogP contribution in [0.3, 0.4) is 0 Å². The van der Waals surface area contributed by atoms with E-state index in [0.717, 1.165) is 0 Å². The minimum atomic E-state index is -0.370. The fourth-order valence-electron chi connectivity index (χ4n) is 1.40. The van der Waals surface area contributed by atoms with Crippen molar-refractivity contribution in [1.82, 2.24) is 9.97 Å². The molecule has 1 heterocycles. The Labute approximate surface area is 108 Å². The first-order valence-electron chi connectivity index (χ1n) is 5.27. The van der Waals surface area contributed by atoms with Crippen LogP contribution >= 0.6 is 11.8 Å². The molecule has 0 spiro atoms. The first kappa shape index (κ1) is 12.8. The number of nitrogens with one attached hydrogen (secondary N) is 1. The molecule has 2 N–H and O–H groups in total. The Hall–Kier alpha value is -1.66. The number of aromatic nitrogens is 2. The minimum absolute atomic E-state index is 0.203. The Balaban J connectivity index is 2.35. The Kier molecular flexibility index (Phi) is 4.11. The van der Waals surface area contributed by atoms with Gasteiger partial charge < -0.3 is 10.4 Å². The molecule has 0 saturated carbocycles. The van der Waals surface area contributed by atoms with Crippen molar-refractivity contribution < 1.29 is 9.50 Å². The molecule has 6 heteroatoms. The van der Waals surface area contributed by atoms with Gasteiger partial charge in [0.05, 0.1) is 12.3 Å². The molecule has 0 atom stereocenters. The van der Waals surface area contributed by atoms with Crippen molar-refractivity contribution in [2.24, 2.45) is 0 Å². The van der Waals surface area contributed by atoms with Crippen LogP contribution in [-0.2, 0) is 6.61 Å². The van der Waals surface area contributed by atoms with Crippen LogP contribution in [0.2, 0.25) is 0 Å². The van der Waals surface area contributed by atoms with E-state index in [1.165, 1.54) is 24.0 Å². The molecule has 2 aromatic rings. The maximum atomic E-state index is 13.5. The van der Waals surface area contributed by atoms with Gasteiger partial charge in [-0.1, -0.05) is 23.9 Å². The van der Waals surface area contributed by atoms with Crippen molar-refractivity contribution in [3.8, 4) is 0 Å². The van der Waals surface area contributed by atoms with E-state index in [9.17, 15) is 9.50 Å². The first-order chi connectivity index (χ1) is 8.74. The number of anilines is 2. The third-order valence-electron chi connectivity index (χ3n) is 2.32. The van der Waals surface area contributed by atoms with Gasteiger partial charge in [0.1, 0.15) is 11.6 Å². The topological polar surface area (TPSA) is 58.0 Å². The lowest BCUT2D eigenvalue weighted by atomic mass is 10.2. The highest BCUT2D eigenvalue weighted by Gasteiger charge is 2.08. The summed E-state index contributed by atoms with van der Waals surface area (Å²) in [5.41, 5.74) is 0.842. The molecular formula is C12H12FN3OS. The number of rotatable bonds is 4. The largest absolute Gasteiger partial charge is 0.391 e. The SMILES string of the molecule is CSc1ncc(CO)c(Nc2ccccc2F)n1. The third kappa shape index (κ3) is 2.77. The van der Waals surface area contributed by atoms with Gasteiger partial charge in [-0.2, -0.15) is 0 Å². The summed E-state index contributed by atoms with van der Waals surface area (Å²) in [6.07, 6.45) is 3.38. The molecule has 0 saturated heterocycles. The van der Waals surface area contributed by atoms with Crippen molar-refractivity contribution in [2.45, 2.75) is 11.8 Å². The smallest absolute Gasteiger partial charge is 0.189 e. The van der Waals surface area contributed by atoms with Crippen molar-refractivity contribution in [1.29, 1.82) is 0 Å². The summed E-state index contributed by atoms with van der Waals surface area (Å²) >= 11 is 1.38. The Bertz CT molecular complexity index is 551. The highest BCUT2D eigenvalue weighted by molar-refractivity contribution is 7.98. The van der Waals surface area contributed by atoms with Gasteiger partial charge in [0.15, 0.2) is 5.16 Å². The molecule has 0 unspecified atom stereocenters. The first-order valence-corrected chi connectivity index (χ1v) is 6.49. The number of hydrogen-bond donors (Lipinski definition) is 2. The molecule has 0 aliphatic rings. The predicted molar refractivity (Wildman–Crippen MR) is 69.4 cm³/mol. The number of halogens is 1. The predicted octanol–water partition coefficient (Wildman–Crippen LogP) is 2.57. The lowest BCUT2D eigenvalue weighted by Crippen LogP contribution is -2.03. The lowest BCUT2D eigenvalue weighted by molar-refractivity contribution is 0.281. The standard InChI is InChI=1S/C12H12FN3OS/c1-18-12-14-6-8(7-17)11(16-12)15-10-5-3-2-4-9(10)13/h2-6,17H,7H2,1H3,(H,14,15,16). The summed E-state index contributed by atoms with van der Waals surface area (Å²) in [6.45, 7) is -0.203. The zero-order valence-corrected chi connectivity index (χ0v) is 10.5. The fraction of sp³-hybridized carbons (Fsp3) is 0.167. The molecule has 94 valence electrons. The molecule has 4 nitrogen and oxygen atoms in total. The summed E-state index contributed by atoms with van der Waals surface area (Å²) in [5, 5.41) is 12.6. The van der Waals surface area contributed by atoms with Gasteiger partial charge >= 0.3 is 0 Å². The Morgan fingerprint density at radius 2 is 2.17 bits per heavy atom. The van der Waals surface area contributed by atoms with Crippen molar-refractivity contribution in [3.05, 3.63) is 41.8 Å². The van der Waals surface area contributed by atoms with Gasteiger partial charge in [0.2, 0.25) is 0 Å². The Morgan fingerprint density at radius 3 is 2.83 bits per heavy atom. The summed E-state index contributed by atoms with van der Waals surface area (Å²) in [5.74, 6) is 0.0488. The monoisotopic (exact) mass is 265 g/mol. The molecule has 1 aromatic heterocycles. The zero-order valence-electron chi connectivity index (χ0n) is 9.72. The summed E-state index contributed by atoms with van der Waals surface area (Å²) in [6, 6.07) is 6.30. The molecule has 0 amide bonds. The molecule has 2 rings (SSSR count). The second-order valence-corrected chi connectivity index (χ2v) is 4.27. The van der Waals surface area contributed by atoms with Gasteiger partial charge in [-0.3, -0.25) is 0 Å². The number of benzene rings is 1. The van der Waals surface area contributed by atoms with Crippen LogP contribution in [0.5, 0.6) is 0 Å². The maximum absolute atomic E-state index is 13.5. The van der Waals surface area contributed by atoms with E-state index in [4.69, 9.17) is 0 Å². The highest BCUT2D eigenvalue weighted by atomic mass is 32.2. The van der Waals surface area contributed by atoms with Crippen LogP contribution < -0.4 is 5.32 Å². The molecule has 1 aromatic carbocycles. The van der Waals surface area contributed by atoms with Crippen LogP contribution in [0.1, 0.15) is 5.56 Å². The number of hydrogen-bond acceptors (Lipinski definition) is 5. The van der Waals surface area contributed by atoms with Gasteiger partial charge in [-0.15, -0.1) is 0 Å². The number of aliphatic hydroxyl groups excluding tert-OH is 1. The van der Waals surface area contributed by atoms with Crippen molar-refractivity contribution in [3.63, 3.8) is 0 Å². The van der Waals surface area contributed by atoms with Gasteiger partial charge in [-0.25, -0.2) is 14.4 Å². The van der Waals surface area contributed by atoms with E-state index in [0.29, 0.717) is 22.2 Å². The molecule has 0 fully saturated rings. The van der Waals surface area contributed by atoms with Crippen LogP contribution in [0.15, 0.2) is 35.6 Å². The maximum Gasteiger partial charge on any atom is 0.189 e. The molecule has 0 aliphatic carbocycles. The average Bonchev–Trinajstić information content (AvgIpc) is 2.41. The molecule has 18 heavy (non-hydrogen) atoms. The molecule has 0 bridgehead atoms. The van der Waals surface area contributed by atoms with E-state index < -0.39 is 0 Å². The second kappa shape index (κ2) is 5.79. The van der Waals surface area contributed by atoms with Crippen molar-refractivity contribution >= 4 is 23.3 Å². The zero-order chi connectivity index (χ0) is 13.0. The van der Waals surface area contributed by atoms with Gasteiger partial charge in [-0.05, 0) is 18.4 Å². The number of para-hydroxylation sites is 1. The number of aliphatic hydroxyl groups is 1. The number of nitrogens with zero attached hydrogens (tertiary/aromatic N) is 2. The summed E-state index contributed by atoms with van der Waals surface area (Å²) in [4.78, 5) is 8.26. The lowest BCUT2D eigenvalue weighted by Gasteiger charge is -2.10. The minimum Gasteiger partial charge on any atom is -0.391 e. The van der Waals surface area contributed by atoms with Gasteiger partial charge in [0.25, 0.3) is 0 Å². The quantitative estimate of drug-likeness (QED) is 0.657. The summed E-state index contributed by atoms with van der Waals surface area (Å²) in [7, 11) is 0. The average molecular weight is 265 g/mol. The Morgan fingerprint density at radius 1 is 1.39 bits per heavy atom. The van der Waals surface area contributed by atoms with E-state index in [1.807, 2.05) is 6.26 Å². The highest BCUT2D eigenvalue weighted by Crippen LogP contribution is 2.22. The van der Waals surface area contributed by atoms with E-state index >= 15 is 0 Å². The second-order valence-electron chi connectivity index (χ2n) is 3.49. The van der Waals surface area contributed by atoms with Crippen LogP contribution in [0.25, 0.3) is 0 Å². The molecular weight excluding hydrogens is 253 g/mol. The molecule has 0 radical (unpaired) electrons. The van der Waals surface area contributed by atoms with Crippen LogP contribution in [-0.4, -0.2) is 21.3 Å². The number of thioether (sulfide) groups is 1. The molecule has 0 aliphatic heterocycles. The van der Waals surface area contributed by atoms with E-state index in [1.54, 1.807) is 18.2 Å². The van der Waals surface area contributed by atoms with Crippen LogP contribution in [0.4, 0.5) is 15.9 Å². The van der Waals surface area contributed by atoms with Gasteiger partial charge in [0, 0.05) is 11.8 Å². The summed E-state index contributed by atoms with van der Waals surface area (Å²) < 4.78 is 13.5. The van der Waals surface area contributed by atoms with E-state index in [2.05, 4.69) is 15.3 Å². The van der Waals surface area contributed by atoms with Crippen LogP contribution in [0, 0.1) is 5.82 Å².